The quantitative estimate of drug-likeness (QED) is 0.792. The fraction of sp³-hybridized carbons (Fsp3) is 0.562. The standard InChI is InChI=1S/C16H23NO4S/c1-10-8-17(9-11(2)21-10)16(22)12-6-13(18-3)15(20-5)14(7-12)19-4/h6-7,10-11H,8-9H2,1-5H3/t10-,11+. The smallest absolute Gasteiger partial charge is 0.203 e. The Balaban J connectivity index is 2.33. The third kappa shape index (κ3) is 3.44. The van der Waals surface area contributed by atoms with Gasteiger partial charge in [-0.05, 0) is 26.0 Å². The Hall–Kier alpha value is -1.53. The van der Waals surface area contributed by atoms with Crippen molar-refractivity contribution in [3.05, 3.63) is 17.7 Å². The highest BCUT2D eigenvalue weighted by atomic mass is 32.1. The Morgan fingerprint density at radius 2 is 1.55 bits per heavy atom. The van der Waals surface area contributed by atoms with Crippen LogP contribution < -0.4 is 14.2 Å². The van der Waals surface area contributed by atoms with Gasteiger partial charge in [0, 0.05) is 18.7 Å². The molecule has 0 N–H and O–H groups in total. The molecule has 0 aliphatic carbocycles. The minimum atomic E-state index is 0.156. The van der Waals surface area contributed by atoms with Gasteiger partial charge in [0.2, 0.25) is 5.75 Å². The van der Waals surface area contributed by atoms with Crippen molar-refractivity contribution in [3.63, 3.8) is 0 Å². The summed E-state index contributed by atoms with van der Waals surface area (Å²) in [6.45, 7) is 5.67. The number of hydrogen-bond acceptors (Lipinski definition) is 5. The normalized spacial score (nSPS) is 21.4. The molecule has 1 saturated heterocycles. The van der Waals surface area contributed by atoms with Gasteiger partial charge >= 0.3 is 0 Å². The van der Waals surface area contributed by atoms with Crippen LogP contribution in [-0.4, -0.2) is 56.5 Å². The number of rotatable bonds is 4. The maximum absolute atomic E-state index is 5.76. The number of methoxy groups -OCH3 is 3. The molecule has 2 rings (SSSR count). The molecule has 0 aromatic heterocycles. The molecule has 1 aromatic carbocycles. The molecule has 6 heteroatoms. The molecule has 0 unspecified atom stereocenters. The summed E-state index contributed by atoms with van der Waals surface area (Å²) in [5, 5.41) is 0. The fourth-order valence-electron chi connectivity index (χ4n) is 2.73. The summed E-state index contributed by atoms with van der Waals surface area (Å²) < 4.78 is 21.9. The lowest BCUT2D eigenvalue weighted by atomic mass is 10.1. The molecule has 1 aromatic rings. The molecule has 1 aliphatic heterocycles. The molecule has 0 amide bonds. The number of hydrogen-bond donors (Lipinski definition) is 0. The number of ether oxygens (including phenoxy) is 4. The Morgan fingerprint density at radius 1 is 1.05 bits per heavy atom. The van der Waals surface area contributed by atoms with Crippen LogP contribution in [0, 0.1) is 0 Å². The minimum absolute atomic E-state index is 0.156. The van der Waals surface area contributed by atoms with E-state index in [1.54, 1.807) is 21.3 Å². The summed E-state index contributed by atoms with van der Waals surface area (Å²) in [5.41, 5.74) is 0.880. The van der Waals surface area contributed by atoms with Crippen LogP contribution in [0.4, 0.5) is 0 Å². The molecule has 1 fully saturated rings. The minimum Gasteiger partial charge on any atom is -0.493 e. The highest BCUT2D eigenvalue weighted by molar-refractivity contribution is 7.80. The number of nitrogens with zero attached hydrogens (tertiary/aromatic N) is 1. The third-order valence-corrected chi connectivity index (χ3v) is 4.11. The van der Waals surface area contributed by atoms with Crippen molar-refractivity contribution in [3.8, 4) is 17.2 Å². The van der Waals surface area contributed by atoms with Crippen molar-refractivity contribution in [2.75, 3.05) is 34.4 Å². The molecule has 2 atom stereocenters. The molecule has 0 spiro atoms. The van der Waals surface area contributed by atoms with E-state index in [4.69, 9.17) is 31.2 Å². The molecule has 0 saturated carbocycles. The van der Waals surface area contributed by atoms with Crippen molar-refractivity contribution >= 4 is 17.2 Å². The van der Waals surface area contributed by atoms with Crippen molar-refractivity contribution in [2.45, 2.75) is 26.1 Å². The average Bonchev–Trinajstić information content (AvgIpc) is 2.51. The van der Waals surface area contributed by atoms with Crippen LogP contribution >= 0.6 is 12.2 Å². The molecule has 122 valence electrons. The lowest BCUT2D eigenvalue weighted by Gasteiger charge is -2.37. The maximum Gasteiger partial charge on any atom is 0.203 e. The number of benzene rings is 1. The molecule has 1 heterocycles. The van der Waals surface area contributed by atoms with Crippen LogP contribution in [0.1, 0.15) is 19.4 Å². The van der Waals surface area contributed by atoms with Crippen molar-refractivity contribution in [2.24, 2.45) is 0 Å². The van der Waals surface area contributed by atoms with E-state index in [2.05, 4.69) is 18.7 Å². The molecule has 5 nitrogen and oxygen atoms in total. The van der Waals surface area contributed by atoms with Gasteiger partial charge in [0.15, 0.2) is 11.5 Å². The predicted octanol–water partition coefficient (Wildman–Crippen LogP) is 2.50. The fourth-order valence-corrected chi connectivity index (χ4v) is 3.00. The highest BCUT2D eigenvalue weighted by Gasteiger charge is 2.26. The number of morpholine rings is 1. The van der Waals surface area contributed by atoms with E-state index in [0.29, 0.717) is 17.2 Å². The van der Waals surface area contributed by atoms with Crippen LogP contribution in [0.3, 0.4) is 0 Å². The van der Waals surface area contributed by atoms with Gasteiger partial charge in [0.25, 0.3) is 0 Å². The zero-order valence-electron chi connectivity index (χ0n) is 13.7. The molecule has 0 bridgehead atoms. The molecule has 22 heavy (non-hydrogen) atoms. The summed E-state index contributed by atoms with van der Waals surface area (Å²) in [6.07, 6.45) is 0.312. The zero-order chi connectivity index (χ0) is 16.3. The highest BCUT2D eigenvalue weighted by Crippen LogP contribution is 2.38. The average molecular weight is 325 g/mol. The Morgan fingerprint density at radius 3 is 1.95 bits per heavy atom. The summed E-state index contributed by atoms with van der Waals surface area (Å²) >= 11 is 5.66. The van der Waals surface area contributed by atoms with Crippen LogP contribution in [0.5, 0.6) is 17.2 Å². The Bertz CT molecular complexity index is 514. The summed E-state index contributed by atoms with van der Waals surface area (Å²) in [5.74, 6) is 1.78. The lowest BCUT2D eigenvalue weighted by Crippen LogP contribution is -2.47. The van der Waals surface area contributed by atoms with E-state index in [9.17, 15) is 0 Å². The van der Waals surface area contributed by atoms with Crippen LogP contribution in [0.15, 0.2) is 12.1 Å². The van der Waals surface area contributed by atoms with Gasteiger partial charge in [0.05, 0.1) is 33.5 Å². The SMILES string of the molecule is COc1cc(C(=S)N2C[C@@H](C)O[C@@H](C)C2)cc(OC)c1OC. The summed E-state index contributed by atoms with van der Waals surface area (Å²) in [7, 11) is 4.79. The molecular weight excluding hydrogens is 302 g/mol. The zero-order valence-corrected chi connectivity index (χ0v) is 14.5. The lowest BCUT2D eigenvalue weighted by molar-refractivity contribution is -0.0472. The Kier molecular flexibility index (Phi) is 5.47. The first-order chi connectivity index (χ1) is 10.5. The first kappa shape index (κ1) is 16.8. The second-order valence-electron chi connectivity index (χ2n) is 5.38. The van der Waals surface area contributed by atoms with Gasteiger partial charge in [-0.25, -0.2) is 0 Å². The Labute approximate surface area is 137 Å². The van der Waals surface area contributed by atoms with Crippen LogP contribution in [0.2, 0.25) is 0 Å². The molecule has 0 radical (unpaired) electrons. The first-order valence-electron chi connectivity index (χ1n) is 7.24. The maximum atomic E-state index is 5.76. The van der Waals surface area contributed by atoms with Crippen molar-refractivity contribution < 1.29 is 18.9 Å². The summed E-state index contributed by atoms with van der Waals surface area (Å²) in [4.78, 5) is 2.93. The van der Waals surface area contributed by atoms with Crippen LogP contribution in [-0.2, 0) is 4.74 Å². The topological polar surface area (TPSA) is 40.2 Å². The largest absolute Gasteiger partial charge is 0.493 e. The van der Waals surface area contributed by atoms with E-state index in [0.717, 1.165) is 23.6 Å². The first-order valence-corrected chi connectivity index (χ1v) is 7.65. The second kappa shape index (κ2) is 7.15. The summed E-state index contributed by atoms with van der Waals surface area (Å²) in [6, 6.07) is 3.77. The van der Waals surface area contributed by atoms with E-state index in [1.165, 1.54) is 0 Å². The second-order valence-corrected chi connectivity index (χ2v) is 5.77. The van der Waals surface area contributed by atoms with E-state index in [-0.39, 0.29) is 12.2 Å². The van der Waals surface area contributed by atoms with Gasteiger partial charge in [-0.1, -0.05) is 12.2 Å². The van der Waals surface area contributed by atoms with Gasteiger partial charge in [0.1, 0.15) is 4.99 Å². The third-order valence-electron chi connectivity index (χ3n) is 3.62. The molecular formula is C16H23NO4S. The van der Waals surface area contributed by atoms with E-state index >= 15 is 0 Å². The monoisotopic (exact) mass is 325 g/mol. The van der Waals surface area contributed by atoms with Gasteiger partial charge in [-0.3, -0.25) is 0 Å². The molecule has 1 aliphatic rings. The number of thiocarbonyl (C=S) groups is 1. The predicted molar refractivity (Wildman–Crippen MR) is 89.4 cm³/mol. The van der Waals surface area contributed by atoms with Gasteiger partial charge in [-0.2, -0.15) is 0 Å². The van der Waals surface area contributed by atoms with Crippen molar-refractivity contribution in [1.29, 1.82) is 0 Å². The van der Waals surface area contributed by atoms with Gasteiger partial charge < -0.3 is 23.8 Å². The van der Waals surface area contributed by atoms with Crippen molar-refractivity contribution in [1.82, 2.24) is 4.90 Å². The van der Waals surface area contributed by atoms with Crippen LogP contribution in [0.25, 0.3) is 0 Å². The van der Waals surface area contributed by atoms with E-state index in [1.807, 2.05) is 12.1 Å². The van der Waals surface area contributed by atoms with Gasteiger partial charge in [-0.15, -0.1) is 0 Å². The van der Waals surface area contributed by atoms with E-state index < -0.39 is 0 Å².